The lowest BCUT2D eigenvalue weighted by atomic mass is 9.47. The van der Waals surface area contributed by atoms with Crippen LogP contribution in [0.15, 0.2) is 47.2 Å². The molecular weight excluding hydrogens is 338 g/mol. The lowest BCUT2D eigenvalue weighted by Crippen LogP contribution is -2.60. The number of para-hydroxylation sites is 1. The normalized spacial score (nSPS) is 30.3. The number of allylic oxidation sites excluding steroid dienone is 4. The van der Waals surface area contributed by atoms with Crippen LogP contribution >= 0.6 is 0 Å². The van der Waals surface area contributed by atoms with Gasteiger partial charge in [0.2, 0.25) is 11.3 Å². The molecule has 132 valence electrons. The highest BCUT2D eigenvalue weighted by molar-refractivity contribution is 6.09. The van der Waals surface area contributed by atoms with E-state index in [-0.39, 0.29) is 17.2 Å². The maximum absolute atomic E-state index is 13.4. The average molecular weight is 355 g/mol. The van der Waals surface area contributed by atoms with Gasteiger partial charge in [-0.2, -0.15) is 15.8 Å². The van der Waals surface area contributed by atoms with E-state index < -0.39 is 22.7 Å². The Hall–Kier alpha value is -3.56. The van der Waals surface area contributed by atoms with E-state index in [2.05, 4.69) is 18.3 Å². The van der Waals surface area contributed by atoms with Crippen LogP contribution in [0.4, 0.5) is 5.69 Å². The summed E-state index contributed by atoms with van der Waals surface area (Å²) in [4.78, 5) is 13.4. The third-order valence-corrected chi connectivity index (χ3v) is 6.24. The number of nitrogens with one attached hydrogen (secondary N) is 1. The molecule has 1 amide bonds. The van der Waals surface area contributed by atoms with Crippen LogP contribution in [0, 0.1) is 51.2 Å². The van der Waals surface area contributed by atoms with E-state index in [9.17, 15) is 20.6 Å². The number of amides is 1. The molecule has 1 aliphatic heterocycles. The number of fused-ring (bicyclic) bond motifs is 4. The summed E-state index contributed by atoms with van der Waals surface area (Å²) in [5.41, 5.74) is 4.78. The third kappa shape index (κ3) is 1.74. The van der Waals surface area contributed by atoms with Crippen molar-refractivity contribution in [1.29, 1.82) is 15.8 Å². The van der Waals surface area contributed by atoms with E-state index in [1.165, 1.54) is 0 Å². The van der Waals surface area contributed by atoms with Gasteiger partial charge in [0.1, 0.15) is 11.5 Å². The molecule has 3 N–H and O–H groups in total. The summed E-state index contributed by atoms with van der Waals surface area (Å²) in [5, 5.41) is 32.9. The van der Waals surface area contributed by atoms with Crippen molar-refractivity contribution in [3.8, 4) is 18.2 Å². The number of carbonyl (C=O) groups excluding carboxylic acids is 1. The Morgan fingerprint density at radius 1 is 1.22 bits per heavy atom. The Bertz CT molecular complexity index is 1050. The minimum atomic E-state index is -1.95. The van der Waals surface area contributed by atoms with Crippen LogP contribution in [-0.2, 0) is 10.2 Å². The smallest absolute Gasteiger partial charge is 0.238 e. The van der Waals surface area contributed by atoms with Crippen LogP contribution in [0.5, 0.6) is 0 Å². The van der Waals surface area contributed by atoms with Gasteiger partial charge in [-0.3, -0.25) is 4.79 Å². The molecule has 0 unspecified atom stereocenters. The predicted octanol–water partition coefficient (Wildman–Crippen LogP) is 2.63. The van der Waals surface area contributed by atoms with Gasteiger partial charge in [0.15, 0.2) is 0 Å². The van der Waals surface area contributed by atoms with E-state index in [0.29, 0.717) is 23.2 Å². The van der Waals surface area contributed by atoms with Crippen LogP contribution in [0.2, 0.25) is 0 Å². The van der Waals surface area contributed by atoms with E-state index >= 15 is 0 Å². The monoisotopic (exact) mass is 355 g/mol. The average Bonchev–Trinajstić information content (AvgIpc) is 2.97. The van der Waals surface area contributed by atoms with Crippen molar-refractivity contribution in [2.24, 2.45) is 23.0 Å². The van der Waals surface area contributed by atoms with Crippen LogP contribution in [0.3, 0.4) is 0 Å². The second-order valence-electron chi connectivity index (χ2n) is 7.47. The summed E-state index contributed by atoms with van der Waals surface area (Å²) in [6.07, 6.45) is 3.30. The van der Waals surface area contributed by atoms with Crippen LogP contribution in [-0.4, -0.2) is 5.91 Å². The van der Waals surface area contributed by atoms with E-state index in [1.54, 1.807) is 24.3 Å². The highest BCUT2D eigenvalue weighted by atomic mass is 16.2. The zero-order chi connectivity index (χ0) is 19.4. The van der Waals surface area contributed by atoms with Crippen LogP contribution in [0.25, 0.3) is 0 Å². The molecule has 0 radical (unpaired) electrons. The predicted molar refractivity (Wildman–Crippen MR) is 97.2 cm³/mol. The van der Waals surface area contributed by atoms with Crippen molar-refractivity contribution < 1.29 is 4.79 Å². The molecule has 1 aromatic carbocycles. The van der Waals surface area contributed by atoms with Gasteiger partial charge in [-0.05, 0) is 36.0 Å². The summed E-state index contributed by atoms with van der Waals surface area (Å²) in [6.45, 7) is 2.06. The van der Waals surface area contributed by atoms with Crippen molar-refractivity contribution in [1.82, 2.24) is 0 Å². The summed E-state index contributed by atoms with van der Waals surface area (Å²) >= 11 is 0. The number of benzene rings is 1. The first-order valence-corrected chi connectivity index (χ1v) is 8.82. The molecule has 6 nitrogen and oxygen atoms in total. The molecule has 6 heteroatoms. The number of nitriles is 3. The zero-order valence-electron chi connectivity index (χ0n) is 14.8. The molecule has 0 saturated heterocycles. The SMILES string of the molecule is C[C@H]1CC=C2C(C#N)=C(N)C(C#N)(C#N)[C@]3(C(=O)Nc4ccccc43)[C@H]2C1. The molecule has 3 aliphatic rings. The number of hydrogen-bond acceptors (Lipinski definition) is 5. The fourth-order valence-corrected chi connectivity index (χ4v) is 5.04. The zero-order valence-corrected chi connectivity index (χ0v) is 14.8. The second kappa shape index (κ2) is 5.47. The molecule has 1 aromatic rings. The molecule has 4 rings (SSSR count). The summed E-state index contributed by atoms with van der Waals surface area (Å²) in [5.74, 6) is -0.617. The maximum atomic E-state index is 13.4. The Morgan fingerprint density at radius 3 is 2.59 bits per heavy atom. The van der Waals surface area contributed by atoms with Gasteiger partial charge < -0.3 is 11.1 Å². The molecule has 3 atom stereocenters. The van der Waals surface area contributed by atoms with Gasteiger partial charge in [0.25, 0.3) is 0 Å². The van der Waals surface area contributed by atoms with Crippen molar-refractivity contribution >= 4 is 11.6 Å². The lowest BCUT2D eigenvalue weighted by Gasteiger charge is -2.50. The van der Waals surface area contributed by atoms with Gasteiger partial charge in [0.05, 0.1) is 23.4 Å². The molecular formula is C21H17N5O. The number of nitrogens with two attached hydrogens (primary N) is 1. The number of hydrogen-bond donors (Lipinski definition) is 2. The quantitative estimate of drug-likeness (QED) is 0.739. The molecule has 27 heavy (non-hydrogen) atoms. The van der Waals surface area contributed by atoms with E-state index in [0.717, 1.165) is 6.42 Å². The van der Waals surface area contributed by atoms with Crippen molar-refractivity contribution in [3.63, 3.8) is 0 Å². The van der Waals surface area contributed by atoms with Gasteiger partial charge in [0, 0.05) is 11.6 Å². The number of carbonyl (C=O) groups is 1. The first-order valence-electron chi connectivity index (χ1n) is 8.82. The molecule has 1 heterocycles. The summed E-state index contributed by atoms with van der Waals surface area (Å²) < 4.78 is 0. The van der Waals surface area contributed by atoms with Gasteiger partial charge in [-0.1, -0.05) is 31.2 Å². The Balaban J connectivity index is 2.20. The molecule has 1 spiro atoms. The standard InChI is InChI=1S/C21H17N5O/c1-12-6-7-13-14(9-22)18(25)20(10-23,11-24)21(16(13)8-12)15-4-2-3-5-17(15)26-19(21)27/h2-5,7,12,16H,6,8,25H2,1H3,(H,26,27)/t12-,16-,21-/m0/s1. The Morgan fingerprint density at radius 2 is 1.93 bits per heavy atom. The highest BCUT2D eigenvalue weighted by Crippen LogP contribution is 2.63. The largest absolute Gasteiger partial charge is 0.399 e. The number of nitrogens with zero attached hydrogens (tertiary/aromatic N) is 3. The minimum Gasteiger partial charge on any atom is -0.399 e. The fraction of sp³-hybridized carbons (Fsp3) is 0.333. The minimum absolute atomic E-state index is 0.126. The van der Waals surface area contributed by atoms with Crippen molar-refractivity contribution in [2.45, 2.75) is 25.2 Å². The molecule has 0 aromatic heterocycles. The van der Waals surface area contributed by atoms with Gasteiger partial charge in [-0.25, -0.2) is 0 Å². The number of rotatable bonds is 0. The van der Waals surface area contributed by atoms with Crippen LogP contribution < -0.4 is 11.1 Å². The van der Waals surface area contributed by atoms with Crippen molar-refractivity contribution in [2.75, 3.05) is 5.32 Å². The van der Waals surface area contributed by atoms with Crippen molar-refractivity contribution in [3.05, 3.63) is 52.7 Å². The van der Waals surface area contributed by atoms with Gasteiger partial charge in [-0.15, -0.1) is 0 Å². The first kappa shape index (κ1) is 16.9. The highest BCUT2D eigenvalue weighted by Gasteiger charge is 2.71. The lowest BCUT2D eigenvalue weighted by molar-refractivity contribution is -0.125. The van der Waals surface area contributed by atoms with Crippen LogP contribution in [0.1, 0.15) is 25.3 Å². The topological polar surface area (TPSA) is 126 Å². The molecule has 2 aliphatic carbocycles. The Labute approximate surface area is 157 Å². The molecule has 0 saturated carbocycles. The maximum Gasteiger partial charge on any atom is 0.238 e. The molecule has 0 fully saturated rings. The van der Waals surface area contributed by atoms with E-state index in [1.807, 2.05) is 18.2 Å². The number of anilines is 1. The summed E-state index contributed by atoms with van der Waals surface area (Å²) in [6, 6.07) is 13.3. The fourth-order valence-electron chi connectivity index (χ4n) is 5.04. The van der Waals surface area contributed by atoms with Gasteiger partial charge >= 0.3 is 0 Å². The van der Waals surface area contributed by atoms with E-state index in [4.69, 9.17) is 5.73 Å². The third-order valence-electron chi connectivity index (χ3n) is 6.24. The summed E-state index contributed by atoms with van der Waals surface area (Å²) in [7, 11) is 0. The second-order valence-corrected chi connectivity index (χ2v) is 7.47. The molecule has 0 bridgehead atoms. The first-order chi connectivity index (χ1) is 13.0. The Kier molecular flexibility index (Phi) is 3.42.